The highest BCUT2D eigenvalue weighted by Crippen LogP contribution is 2.23. The van der Waals surface area contributed by atoms with Crippen LogP contribution < -0.4 is 5.32 Å². The van der Waals surface area contributed by atoms with E-state index in [4.69, 9.17) is 9.52 Å². The largest absolute Gasteiger partial charge is 0.477 e. The van der Waals surface area contributed by atoms with Crippen LogP contribution in [0.25, 0.3) is 0 Å². The van der Waals surface area contributed by atoms with Gasteiger partial charge in [0.15, 0.2) is 11.4 Å². The molecular formula is C16H13N3O4. The van der Waals surface area contributed by atoms with E-state index in [2.05, 4.69) is 15.3 Å². The van der Waals surface area contributed by atoms with Gasteiger partial charge in [-0.1, -0.05) is 30.3 Å². The number of nitrogens with zero attached hydrogens (tertiary/aromatic N) is 1. The average Bonchev–Trinajstić information content (AvgIpc) is 3.24. The number of aromatic amines is 1. The Labute approximate surface area is 131 Å². The van der Waals surface area contributed by atoms with Gasteiger partial charge in [-0.3, -0.25) is 4.79 Å². The van der Waals surface area contributed by atoms with Crippen LogP contribution >= 0.6 is 0 Å². The zero-order valence-corrected chi connectivity index (χ0v) is 11.9. The molecule has 1 amide bonds. The fourth-order valence-corrected chi connectivity index (χ4v) is 2.25. The summed E-state index contributed by atoms with van der Waals surface area (Å²) in [4.78, 5) is 29.7. The van der Waals surface area contributed by atoms with Crippen LogP contribution in [0.1, 0.15) is 38.3 Å². The van der Waals surface area contributed by atoms with Gasteiger partial charge in [0.25, 0.3) is 5.91 Å². The normalized spacial score (nSPS) is 11.8. The van der Waals surface area contributed by atoms with Crippen molar-refractivity contribution >= 4 is 11.9 Å². The van der Waals surface area contributed by atoms with Crippen LogP contribution in [0.5, 0.6) is 0 Å². The molecule has 116 valence electrons. The number of H-pyrrole nitrogens is 1. The maximum atomic E-state index is 12.4. The summed E-state index contributed by atoms with van der Waals surface area (Å²) in [5, 5.41) is 11.8. The van der Waals surface area contributed by atoms with Crippen molar-refractivity contribution in [2.75, 3.05) is 0 Å². The SMILES string of the molecule is O=C(N[C@H](c1ccccc1)c1ccco1)c1nc[nH]c1C(=O)O. The number of furan rings is 1. The Balaban J connectivity index is 1.92. The fraction of sp³-hybridized carbons (Fsp3) is 0.0625. The van der Waals surface area contributed by atoms with E-state index in [1.54, 1.807) is 12.1 Å². The number of aromatic carboxylic acids is 1. The minimum absolute atomic E-state index is 0.176. The second-order valence-corrected chi connectivity index (χ2v) is 4.76. The van der Waals surface area contributed by atoms with Gasteiger partial charge in [0, 0.05) is 0 Å². The molecule has 7 nitrogen and oxygen atoms in total. The molecule has 0 aliphatic heterocycles. The number of hydrogen-bond donors (Lipinski definition) is 3. The Morgan fingerprint density at radius 2 is 1.96 bits per heavy atom. The second kappa shape index (κ2) is 6.18. The minimum atomic E-state index is -1.25. The molecule has 0 aliphatic rings. The lowest BCUT2D eigenvalue weighted by molar-refractivity contribution is 0.0684. The lowest BCUT2D eigenvalue weighted by Crippen LogP contribution is -2.30. The molecule has 0 radical (unpaired) electrons. The van der Waals surface area contributed by atoms with Crippen LogP contribution in [0.2, 0.25) is 0 Å². The molecule has 0 fully saturated rings. The number of hydrogen-bond acceptors (Lipinski definition) is 4. The molecule has 7 heteroatoms. The summed E-state index contributed by atoms with van der Waals surface area (Å²) < 4.78 is 5.39. The van der Waals surface area contributed by atoms with Gasteiger partial charge in [0.2, 0.25) is 0 Å². The van der Waals surface area contributed by atoms with Gasteiger partial charge in [-0.05, 0) is 17.7 Å². The Hall–Kier alpha value is -3.35. The predicted octanol–water partition coefficient (Wildman–Crippen LogP) is 2.22. The van der Waals surface area contributed by atoms with Crippen LogP contribution in [0, 0.1) is 0 Å². The topological polar surface area (TPSA) is 108 Å². The lowest BCUT2D eigenvalue weighted by Gasteiger charge is -2.16. The number of benzene rings is 1. The maximum absolute atomic E-state index is 12.4. The summed E-state index contributed by atoms with van der Waals surface area (Å²) in [5.74, 6) is -1.31. The number of carboxylic acids is 1. The molecule has 1 aromatic carbocycles. The van der Waals surface area contributed by atoms with Crippen molar-refractivity contribution in [3.63, 3.8) is 0 Å². The highest BCUT2D eigenvalue weighted by molar-refractivity contribution is 6.02. The molecule has 0 bridgehead atoms. The molecule has 3 aromatic rings. The Kier molecular flexibility index (Phi) is 3.92. The smallest absolute Gasteiger partial charge is 0.354 e. The number of carbonyl (C=O) groups excluding carboxylic acids is 1. The minimum Gasteiger partial charge on any atom is -0.477 e. The van der Waals surface area contributed by atoms with Gasteiger partial charge in [0.1, 0.15) is 11.8 Å². The van der Waals surface area contributed by atoms with E-state index in [0.29, 0.717) is 5.76 Å². The first-order chi connectivity index (χ1) is 11.2. The van der Waals surface area contributed by atoms with Gasteiger partial charge in [-0.2, -0.15) is 0 Å². The third kappa shape index (κ3) is 2.98. The van der Waals surface area contributed by atoms with Gasteiger partial charge in [-0.15, -0.1) is 0 Å². The number of carbonyl (C=O) groups is 2. The second-order valence-electron chi connectivity index (χ2n) is 4.76. The Bertz CT molecular complexity index is 809. The van der Waals surface area contributed by atoms with E-state index in [1.807, 2.05) is 30.3 Å². The zero-order chi connectivity index (χ0) is 16.2. The average molecular weight is 311 g/mol. The van der Waals surface area contributed by atoms with Gasteiger partial charge >= 0.3 is 5.97 Å². The number of amides is 1. The summed E-state index contributed by atoms with van der Waals surface area (Å²) in [7, 11) is 0. The number of aromatic nitrogens is 2. The molecule has 2 heterocycles. The summed E-state index contributed by atoms with van der Waals surface area (Å²) in [5.41, 5.74) is 0.377. The summed E-state index contributed by atoms with van der Waals surface area (Å²) in [6.45, 7) is 0. The number of imidazole rings is 1. The van der Waals surface area contributed by atoms with Gasteiger partial charge in [0.05, 0.1) is 12.6 Å². The number of carboxylic acid groups (broad SMARTS) is 1. The molecular weight excluding hydrogens is 298 g/mol. The highest BCUT2D eigenvalue weighted by atomic mass is 16.4. The summed E-state index contributed by atoms with van der Waals surface area (Å²) in [6, 6.07) is 12.1. The van der Waals surface area contributed by atoms with E-state index in [9.17, 15) is 9.59 Å². The Morgan fingerprint density at radius 1 is 1.17 bits per heavy atom. The van der Waals surface area contributed by atoms with Crippen molar-refractivity contribution in [2.45, 2.75) is 6.04 Å². The summed E-state index contributed by atoms with van der Waals surface area (Å²) >= 11 is 0. The van der Waals surface area contributed by atoms with Crippen molar-refractivity contribution in [2.24, 2.45) is 0 Å². The molecule has 23 heavy (non-hydrogen) atoms. The van der Waals surface area contributed by atoms with Gasteiger partial charge in [-0.25, -0.2) is 9.78 Å². The monoisotopic (exact) mass is 311 g/mol. The first kappa shape index (κ1) is 14.6. The molecule has 2 aromatic heterocycles. The third-order valence-corrected chi connectivity index (χ3v) is 3.30. The van der Waals surface area contributed by atoms with Crippen molar-refractivity contribution in [3.05, 3.63) is 77.8 Å². The molecule has 0 aliphatic carbocycles. The first-order valence-electron chi connectivity index (χ1n) is 6.82. The molecule has 0 unspecified atom stereocenters. The molecule has 0 spiro atoms. The van der Waals surface area contributed by atoms with E-state index in [-0.39, 0.29) is 11.4 Å². The van der Waals surface area contributed by atoms with Crippen molar-refractivity contribution in [1.29, 1.82) is 0 Å². The first-order valence-corrected chi connectivity index (χ1v) is 6.82. The van der Waals surface area contributed by atoms with E-state index in [0.717, 1.165) is 5.56 Å². The van der Waals surface area contributed by atoms with Crippen LogP contribution in [-0.2, 0) is 0 Å². The molecule has 0 saturated heterocycles. The summed E-state index contributed by atoms with van der Waals surface area (Å²) in [6.07, 6.45) is 2.68. The van der Waals surface area contributed by atoms with Crippen molar-refractivity contribution in [3.8, 4) is 0 Å². The van der Waals surface area contributed by atoms with E-state index >= 15 is 0 Å². The highest BCUT2D eigenvalue weighted by Gasteiger charge is 2.25. The van der Waals surface area contributed by atoms with Crippen molar-refractivity contribution < 1.29 is 19.1 Å². The van der Waals surface area contributed by atoms with Crippen LogP contribution in [0.4, 0.5) is 0 Å². The van der Waals surface area contributed by atoms with Gasteiger partial charge < -0.3 is 19.8 Å². The number of rotatable bonds is 5. The quantitative estimate of drug-likeness (QED) is 0.669. The van der Waals surface area contributed by atoms with Crippen LogP contribution in [0.15, 0.2) is 59.5 Å². The van der Waals surface area contributed by atoms with Crippen molar-refractivity contribution in [1.82, 2.24) is 15.3 Å². The fourth-order valence-electron chi connectivity index (χ4n) is 2.25. The predicted molar refractivity (Wildman–Crippen MR) is 80.0 cm³/mol. The molecule has 3 N–H and O–H groups in total. The standard InChI is InChI=1S/C16H13N3O4/c20-15(13-14(16(21)22)18-9-17-13)19-12(11-7-4-8-23-11)10-5-2-1-3-6-10/h1-9,12H,(H,17,18)(H,19,20)(H,21,22)/t12-/m1/s1. The van der Waals surface area contributed by atoms with Crippen LogP contribution in [0.3, 0.4) is 0 Å². The van der Waals surface area contributed by atoms with Crippen LogP contribution in [-0.4, -0.2) is 27.0 Å². The zero-order valence-electron chi connectivity index (χ0n) is 11.9. The molecule has 3 rings (SSSR count). The molecule has 0 saturated carbocycles. The van der Waals surface area contributed by atoms with E-state index in [1.165, 1.54) is 12.6 Å². The molecule has 1 atom stereocenters. The number of nitrogens with one attached hydrogen (secondary N) is 2. The third-order valence-electron chi connectivity index (χ3n) is 3.30. The van der Waals surface area contributed by atoms with E-state index < -0.39 is 17.9 Å². The lowest BCUT2D eigenvalue weighted by atomic mass is 10.0. The Morgan fingerprint density at radius 3 is 2.61 bits per heavy atom. The maximum Gasteiger partial charge on any atom is 0.354 e.